The maximum atomic E-state index is 13.3. The Kier molecular flexibility index (Phi) is 4.14. The largest absolute Gasteiger partial charge is 0.305 e. The number of anilines is 1. The van der Waals surface area contributed by atoms with Crippen LogP contribution < -0.4 is 5.32 Å². The summed E-state index contributed by atoms with van der Waals surface area (Å²) in [6.07, 6.45) is 0. The SMILES string of the molecule is O=C(Nc1n[nH]c2cc(-c3cccc(Cl)c3)ccc12)c1cccc(F)c1. The summed E-state index contributed by atoms with van der Waals surface area (Å²) >= 11 is 6.05. The van der Waals surface area contributed by atoms with Crippen molar-refractivity contribution in [1.82, 2.24) is 10.2 Å². The Balaban J connectivity index is 1.64. The molecule has 26 heavy (non-hydrogen) atoms. The summed E-state index contributed by atoms with van der Waals surface area (Å²) < 4.78 is 13.3. The van der Waals surface area contributed by atoms with Gasteiger partial charge in [0.15, 0.2) is 5.82 Å². The zero-order chi connectivity index (χ0) is 18.1. The number of amides is 1. The predicted molar refractivity (Wildman–Crippen MR) is 101 cm³/mol. The van der Waals surface area contributed by atoms with Crippen LogP contribution >= 0.6 is 11.6 Å². The van der Waals surface area contributed by atoms with E-state index in [1.54, 1.807) is 6.07 Å². The molecule has 4 nitrogen and oxygen atoms in total. The molecule has 128 valence electrons. The van der Waals surface area contributed by atoms with E-state index in [1.165, 1.54) is 18.2 Å². The van der Waals surface area contributed by atoms with E-state index in [1.807, 2.05) is 42.5 Å². The van der Waals surface area contributed by atoms with Crippen LogP contribution in [0.4, 0.5) is 10.2 Å². The molecule has 2 N–H and O–H groups in total. The molecular weight excluding hydrogens is 353 g/mol. The summed E-state index contributed by atoms with van der Waals surface area (Å²) in [6, 6.07) is 18.8. The number of hydrogen-bond donors (Lipinski definition) is 2. The number of aromatic nitrogens is 2. The minimum Gasteiger partial charge on any atom is -0.305 e. The molecule has 0 unspecified atom stereocenters. The molecule has 1 aromatic heterocycles. The summed E-state index contributed by atoms with van der Waals surface area (Å²) in [7, 11) is 0. The normalized spacial score (nSPS) is 10.8. The highest BCUT2D eigenvalue weighted by Gasteiger charge is 2.12. The van der Waals surface area contributed by atoms with Crippen LogP contribution in [0.1, 0.15) is 10.4 Å². The monoisotopic (exact) mass is 365 g/mol. The first-order chi connectivity index (χ1) is 12.6. The maximum Gasteiger partial charge on any atom is 0.256 e. The van der Waals surface area contributed by atoms with E-state index in [9.17, 15) is 9.18 Å². The van der Waals surface area contributed by atoms with E-state index in [0.29, 0.717) is 10.8 Å². The second-order valence-electron chi connectivity index (χ2n) is 5.81. The lowest BCUT2D eigenvalue weighted by Gasteiger charge is -2.04. The molecule has 6 heteroatoms. The van der Waals surface area contributed by atoms with Gasteiger partial charge < -0.3 is 5.32 Å². The highest BCUT2D eigenvalue weighted by Crippen LogP contribution is 2.28. The van der Waals surface area contributed by atoms with E-state index in [0.717, 1.165) is 22.0 Å². The molecule has 0 aliphatic rings. The third-order valence-electron chi connectivity index (χ3n) is 4.04. The van der Waals surface area contributed by atoms with E-state index < -0.39 is 11.7 Å². The van der Waals surface area contributed by atoms with Gasteiger partial charge in [-0.05, 0) is 53.6 Å². The van der Waals surface area contributed by atoms with Gasteiger partial charge in [-0.3, -0.25) is 9.89 Å². The molecule has 0 atom stereocenters. The summed E-state index contributed by atoms with van der Waals surface area (Å²) in [5, 5.41) is 11.2. The molecule has 4 rings (SSSR count). The maximum absolute atomic E-state index is 13.3. The number of fused-ring (bicyclic) bond motifs is 1. The number of carbonyl (C=O) groups is 1. The number of carbonyl (C=O) groups excluding carboxylic acids is 1. The lowest BCUT2D eigenvalue weighted by atomic mass is 10.0. The van der Waals surface area contributed by atoms with Crippen LogP contribution in [0.25, 0.3) is 22.0 Å². The summed E-state index contributed by atoms with van der Waals surface area (Å²) in [6.45, 7) is 0. The standard InChI is InChI=1S/C20H13ClFN3O/c21-15-5-1-3-12(9-15)13-7-8-17-18(11-13)24-25-19(17)23-20(26)14-4-2-6-16(22)10-14/h1-11H,(H2,23,24,25,26). The number of nitrogens with one attached hydrogen (secondary N) is 2. The van der Waals surface area contributed by atoms with Gasteiger partial charge in [0, 0.05) is 16.0 Å². The molecule has 0 fully saturated rings. The Morgan fingerprint density at radius 1 is 1.00 bits per heavy atom. The molecule has 1 heterocycles. The van der Waals surface area contributed by atoms with Crippen LogP contribution in [0.15, 0.2) is 66.7 Å². The van der Waals surface area contributed by atoms with Gasteiger partial charge in [-0.15, -0.1) is 0 Å². The Hall–Kier alpha value is -3.18. The van der Waals surface area contributed by atoms with Gasteiger partial charge in [0.2, 0.25) is 0 Å². The van der Waals surface area contributed by atoms with Crippen molar-refractivity contribution in [2.75, 3.05) is 5.32 Å². The molecule has 0 saturated carbocycles. The van der Waals surface area contributed by atoms with Crippen LogP contribution in [0.5, 0.6) is 0 Å². The van der Waals surface area contributed by atoms with Crippen molar-refractivity contribution in [3.05, 3.63) is 83.1 Å². The second-order valence-corrected chi connectivity index (χ2v) is 6.24. The number of nitrogens with zero attached hydrogens (tertiary/aromatic N) is 1. The lowest BCUT2D eigenvalue weighted by molar-refractivity contribution is 0.102. The summed E-state index contributed by atoms with van der Waals surface area (Å²) in [4.78, 5) is 12.3. The number of H-pyrrole nitrogens is 1. The number of aromatic amines is 1. The van der Waals surface area contributed by atoms with E-state index in [4.69, 9.17) is 11.6 Å². The number of halogens is 2. The van der Waals surface area contributed by atoms with Gasteiger partial charge in [-0.1, -0.05) is 35.9 Å². The molecule has 0 aliphatic carbocycles. The first-order valence-electron chi connectivity index (χ1n) is 7.91. The Morgan fingerprint density at radius 3 is 2.62 bits per heavy atom. The highest BCUT2D eigenvalue weighted by molar-refractivity contribution is 6.30. The van der Waals surface area contributed by atoms with Crippen LogP contribution in [0, 0.1) is 5.82 Å². The molecule has 0 saturated heterocycles. The second kappa shape index (κ2) is 6.61. The van der Waals surface area contributed by atoms with Crippen molar-refractivity contribution < 1.29 is 9.18 Å². The Labute approximate surface area is 153 Å². The van der Waals surface area contributed by atoms with Crippen LogP contribution in [-0.4, -0.2) is 16.1 Å². The average Bonchev–Trinajstić information content (AvgIpc) is 3.04. The Bertz CT molecular complexity index is 1120. The third kappa shape index (κ3) is 3.17. The van der Waals surface area contributed by atoms with Crippen molar-refractivity contribution in [2.24, 2.45) is 0 Å². The molecule has 0 aliphatic heterocycles. The zero-order valence-corrected chi connectivity index (χ0v) is 14.2. The van der Waals surface area contributed by atoms with Crippen molar-refractivity contribution in [3.63, 3.8) is 0 Å². The topological polar surface area (TPSA) is 57.8 Å². The average molecular weight is 366 g/mol. The van der Waals surface area contributed by atoms with Crippen molar-refractivity contribution in [2.45, 2.75) is 0 Å². The van der Waals surface area contributed by atoms with Crippen LogP contribution in [0.2, 0.25) is 5.02 Å². The molecule has 0 bridgehead atoms. The van der Waals surface area contributed by atoms with Crippen LogP contribution in [-0.2, 0) is 0 Å². The molecule has 0 radical (unpaired) electrons. The zero-order valence-electron chi connectivity index (χ0n) is 13.5. The molecule has 4 aromatic rings. The van der Waals surface area contributed by atoms with E-state index >= 15 is 0 Å². The van der Waals surface area contributed by atoms with Crippen molar-refractivity contribution in [3.8, 4) is 11.1 Å². The van der Waals surface area contributed by atoms with Gasteiger partial charge >= 0.3 is 0 Å². The quantitative estimate of drug-likeness (QED) is 0.519. The number of hydrogen-bond acceptors (Lipinski definition) is 2. The number of benzene rings is 3. The van der Waals surface area contributed by atoms with E-state index in [2.05, 4.69) is 15.5 Å². The minimum atomic E-state index is -0.462. The van der Waals surface area contributed by atoms with Gasteiger partial charge in [-0.25, -0.2) is 4.39 Å². The van der Waals surface area contributed by atoms with Crippen molar-refractivity contribution >= 4 is 34.2 Å². The Morgan fingerprint density at radius 2 is 1.81 bits per heavy atom. The first kappa shape index (κ1) is 16.3. The smallest absolute Gasteiger partial charge is 0.256 e. The first-order valence-corrected chi connectivity index (χ1v) is 8.29. The minimum absolute atomic E-state index is 0.233. The fraction of sp³-hybridized carbons (Fsp3) is 0. The third-order valence-corrected chi connectivity index (χ3v) is 4.27. The van der Waals surface area contributed by atoms with Gasteiger partial charge in [0.1, 0.15) is 5.82 Å². The van der Waals surface area contributed by atoms with Gasteiger partial charge in [0.25, 0.3) is 5.91 Å². The fourth-order valence-corrected chi connectivity index (χ4v) is 2.96. The molecule has 3 aromatic carbocycles. The molecule has 0 spiro atoms. The highest BCUT2D eigenvalue weighted by atomic mass is 35.5. The lowest BCUT2D eigenvalue weighted by Crippen LogP contribution is -2.12. The summed E-state index contributed by atoms with van der Waals surface area (Å²) in [5.74, 6) is -0.487. The van der Waals surface area contributed by atoms with E-state index in [-0.39, 0.29) is 5.56 Å². The fourth-order valence-electron chi connectivity index (χ4n) is 2.77. The molecule has 1 amide bonds. The van der Waals surface area contributed by atoms with Gasteiger partial charge in [-0.2, -0.15) is 5.10 Å². The molecular formula is C20H13ClFN3O. The predicted octanol–water partition coefficient (Wildman–Crippen LogP) is 5.27. The van der Waals surface area contributed by atoms with Crippen LogP contribution in [0.3, 0.4) is 0 Å². The van der Waals surface area contributed by atoms with Gasteiger partial charge in [0.05, 0.1) is 5.52 Å². The summed E-state index contributed by atoms with van der Waals surface area (Å²) in [5.41, 5.74) is 2.97. The van der Waals surface area contributed by atoms with Crippen molar-refractivity contribution in [1.29, 1.82) is 0 Å². The number of rotatable bonds is 3.